The zero-order valence-corrected chi connectivity index (χ0v) is 48.8. The molecule has 4 nitrogen and oxygen atoms in total. The molecule has 0 fully saturated rings. The molecule has 0 saturated carbocycles. The fourth-order valence-electron chi connectivity index (χ4n) is 11.1. The standard InChI is InChI=1S/C55H49N2O.C14H15FNSi.Ir/c1-33(2)44-29-38(36-25-27-40-39-19-12-13-22-46(39)54(5,6)55(7,8)47(40)31-36)30-45(34(3)4)51(44)57-49-24-15-14-23-48(49)56-53(57)43-21-16-20-42-41-28-26-37(32-50(41)58-52(42)43)35-17-10-9-11-18-35;1-17(2,3)13-8-9-16-14(10-13)11-4-6-12(15)7-5-11;/h9-20,22-34H,1-8H3;4,6-10H,1-3H3;/q2*-1;. The SMILES string of the molecule is CC(C)c1cc(-c2ccc3c(c2)C(C)(C)C(C)(C)c2ccccc2-3)cc(C(C)C)c1-n1c(-c2[c-]ccc3c2oc2cc(-c4ccccc4)ccc23)nc2ccccc21.C[Si](C)(C)c1ccnc(-c2[c-]cc(F)cc2)c1.[Ir]. The van der Waals surface area contributed by atoms with E-state index in [0.29, 0.717) is 0 Å². The van der Waals surface area contributed by atoms with E-state index >= 15 is 0 Å². The molecule has 1 aliphatic carbocycles. The van der Waals surface area contributed by atoms with Gasteiger partial charge in [-0.15, -0.1) is 48.0 Å². The molecule has 3 aromatic heterocycles. The third-order valence-electron chi connectivity index (χ3n) is 16.1. The Morgan fingerprint density at radius 1 is 0.605 bits per heavy atom. The second kappa shape index (κ2) is 20.2. The van der Waals surface area contributed by atoms with Gasteiger partial charge in [0.25, 0.3) is 0 Å². The second-order valence-corrected chi connectivity index (χ2v) is 28.1. The molecule has 0 N–H and O–H groups in total. The number of benzene rings is 8. The van der Waals surface area contributed by atoms with E-state index in [0.717, 1.165) is 66.7 Å². The van der Waals surface area contributed by atoms with Crippen LogP contribution in [0.2, 0.25) is 19.6 Å². The number of pyridine rings is 1. The molecule has 1 radical (unpaired) electrons. The van der Waals surface area contributed by atoms with Crippen LogP contribution in [0.4, 0.5) is 4.39 Å². The fourth-order valence-corrected chi connectivity index (χ4v) is 12.3. The summed E-state index contributed by atoms with van der Waals surface area (Å²) in [6, 6.07) is 65.9. The van der Waals surface area contributed by atoms with Crippen LogP contribution in [-0.2, 0) is 30.9 Å². The number of rotatable bonds is 8. The van der Waals surface area contributed by atoms with Crippen LogP contribution in [0.5, 0.6) is 0 Å². The average molecular weight is 1190 g/mol. The Labute approximate surface area is 462 Å². The first-order chi connectivity index (χ1) is 35.9. The molecule has 0 bridgehead atoms. The predicted octanol–water partition coefficient (Wildman–Crippen LogP) is 18.4. The minimum absolute atomic E-state index is 0. The number of fused-ring (bicyclic) bond motifs is 7. The van der Waals surface area contributed by atoms with Crippen molar-refractivity contribution in [3.63, 3.8) is 0 Å². The van der Waals surface area contributed by atoms with Gasteiger partial charge in [-0.1, -0.05) is 188 Å². The first kappa shape index (κ1) is 52.4. The van der Waals surface area contributed by atoms with Gasteiger partial charge < -0.3 is 14.0 Å². The fraction of sp³-hybridized carbons (Fsp3) is 0.217. The van der Waals surface area contributed by atoms with Crippen LogP contribution in [0.15, 0.2) is 180 Å². The molecule has 0 amide bonds. The summed E-state index contributed by atoms with van der Waals surface area (Å²) < 4.78 is 22.1. The number of aromatic nitrogens is 3. The van der Waals surface area contributed by atoms with E-state index in [2.05, 4.69) is 242 Å². The maximum atomic E-state index is 12.8. The number of para-hydroxylation sites is 2. The molecular formula is C69H64FIrN3OSi-2. The van der Waals surface area contributed by atoms with Gasteiger partial charge in [0.05, 0.1) is 30.5 Å². The van der Waals surface area contributed by atoms with Crippen molar-refractivity contribution < 1.29 is 28.9 Å². The molecule has 11 aromatic rings. The summed E-state index contributed by atoms with van der Waals surface area (Å²) in [7, 11) is -1.34. The molecule has 3 heterocycles. The summed E-state index contributed by atoms with van der Waals surface area (Å²) in [6.07, 6.45) is 1.82. The Bertz CT molecular complexity index is 3920. The second-order valence-electron chi connectivity index (χ2n) is 23.0. The Balaban J connectivity index is 0.000000311. The third kappa shape index (κ3) is 9.20. The van der Waals surface area contributed by atoms with Gasteiger partial charge in [0.1, 0.15) is 5.58 Å². The minimum Gasteiger partial charge on any atom is -0.501 e. The molecule has 0 aliphatic heterocycles. The topological polar surface area (TPSA) is 43.9 Å². The Kier molecular flexibility index (Phi) is 13.9. The number of hydrogen-bond donors (Lipinski definition) is 0. The van der Waals surface area contributed by atoms with Crippen LogP contribution in [0, 0.1) is 17.9 Å². The quantitative estimate of drug-likeness (QED) is 0.112. The smallest absolute Gasteiger partial charge is 0.121 e. The Morgan fingerprint density at radius 2 is 1.26 bits per heavy atom. The molecule has 0 unspecified atom stereocenters. The maximum Gasteiger partial charge on any atom is 0.121 e. The Hall–Kier alpha value is -7.02. The van der Waals surface area contributed by atoms with E-state index in [9.17, 15) is 4.39 Å². The van der Waals surface area contributed by atoms with Gasteiger partial charge >= 0.3 is 0 Å². The van der Waals surface area contributed by atoms with Gasteiger partial charge in [0.15, 0.2) is 0 Å². The van der Waals surface area contributed by atoms with Crippen molar-refractivity contribution >= 4 is 46.2 Å². The van der Waals surface area contributed by atoms with Gasteiger partial charge in [-0.25, -0.2) is 0 Å². The summed E-state index contributed by atoms with van der Waals surface area (Å²) in [5.74, 6) is 1.05. The first-order valence-corrected chi connectivity index (χ1v) is 29.9. The van der Waals surface area contributed by atoms with Crippen molar-refractivity contribution in [3.8, 4) is 61.7 Å². The van der Waals surface area contributed by atoms with Crippen LogP contribution >= 0.6 is 0 Å². The number of nitrogens with zero attached hydrogens (tertiary/aromatic N) is 3. The van der Waals surface area contributed by atoms with Gasteiger partial charge in [0, 0.05) is 43.2 Å². The summed E-state index contributed by atoms with van der Waals surface area (Å²) in [5.41, 5.74) is 20.2. The molecule has 8 aromatic carbocycles. The molecule has 0 saturated heterocycles. The number of furan rings is 1. The number of halogens is 1. The van der Waals surface area contributed by atoms with E-state index in [1.165, 1.54) is 67.5 Å². The van der Waals surface area contributed by atoms with Crippen LogP contribution in [-0.4, -0.2) is 22.6 Å². The average Bonchev–Trinajstić information content (AvgIpc) is 4.09. The molecular weight excluding hydrogens is 1130 g/mol. The van der Waals surface area contributed by atoms with Crippen molar-refractivity contribution in [2.75, 3.05) is 0 Å². The third-order valence-corrected chi connectivity index (χ3v) is 18.2. The summed E-state index contributed by atoms with van der Waals surface area (Å²) >= 11 is 0. The molecule has 0 atom stereocenters. The zero-order valence-electron chi connectivity index (χ0n) is 45.4. The predicted molar refractivity (Wildman–Crippen MR) is 315 cm³/mol. The summed E-state index contributed by atoms with van der Waals surface area (Å²) in [5, 5.41) is 3.50. The molecule has 12 rings (SSSR count). The maximum absolute atomic E-state index is 12.8. The van der Waals surface area contributed by atoms with E-state index in [1.54, 1.807) is 6.07 Å². The van der Waals surface area contributed by atoms with Gasteiger partial charge in [-0.2, -0.15) is 0 Å². The largest absolute Gasteiger partial charge is 0.501 e. The van der Waals surface area contributed by atoms with Crippen molar-refractivity contribution in [1.29, 1.82) is 0 Å². The molecule has 76 heavy (non-hydrogen) atoms. The number of imidazole rings is 1. The summed E-state index contributed by atoms with van der Waals surface area (Å²) in [4.78, 5) is 9.72. The van der Waals surface area contributed by atoms with Crippen LogP contribution < -0.4 is 5.19 Å². The van der Waals surface area contributed by atoms with E-state index < -0.39 is 8.07 Å². The van der Waals surface area contributed by atoms with E-state index in [4.69, 9.17) is 9.40 Å². The van der Waals surface area contributed by atoms with Crippen LogP contribution in [0.25, 0.3) is 94.7 Å². The van der Waals surface area contributed by atoms with Crippen LogP contribution in [0.1, 0.15) is 89.5 Å². The molecule has 0 spiro atoms. The van der Waals surface area contributed by atoms with Gasteiger partial charge in [-0.05, 0) is 126 Å². The molecule has 7 heteroatoms. The minimum atomic E-state index is -1.34. The Morgan fingerprint density at radius 3 is 1.97 bits per heavy atom. The normalized spacial score (nSPS) is 13.6. The zero-order chi connectivity index (χ0) is 52.6. The van der Waals surface area contributed by atoms with Crippen LogP contribution in [0.3, 0.4) is 0 Å². The van der Waals surface area contributed by atoms with Crippen molar-refractivity contribution in [1.82, 2.24) is 14.5 Å². The van der Waals surface area contributed by atoms with Gasteiger partial charge in [-0.3, -0.25) is 9.37 Å². The van der Waals surface area contributed by atoms with E-state index in [-0.39, 0.29) is 48.6 Å². The van der Waals surface area contributed by atoms with Gasteiger partial charge in [0.2, 0.25) is 0 Å². The van der Waals surface area contributed by atoms with E-state index in [1.807, 2.05) is 12.3 Å². The molecule has 383 valence electrons. The first-order valence-electron chi connectivity index (χ1n) is 26.4. The van der Waals surface area contributed by atoms with Crippen molar-refractivity contribution in [3.05, 3.63) is 216 Å². The van der Waals surface area contributed by atoms with Crippen molar-refractivity contribution in [2.45, 2.75) is 97.7 Å². The monoisotopic (exact) mass is 1190 g/mol. The number of hydrogen-bond acceptors (Lipinski definition) is 3. The van der Waals surface area contributed by atoms with Crippen molar-refractivity contribution in [2.24, 2.45) is 0 Å². The molecule has 1 aliphatic rings. The summed E-state index contributed by atoms with van der Waals surface area (Å²) in [6.45, 7) is 25.8.